The van der Waals surface area contributed by atoms with Gasteiger partial charge in [-0.25, -0.2) is 9.37 Å². The maximum absolute atomic E-state index is 12.9. The summed E-state index contributed by atoms with van der Waals surface area (Å²) in [7, 11) is 0. The molecule has 0 aliphatic heterocycles. The van der Waals surface area contributed by atoms with Crippen LogP contribution in [0.4, 0.5) is 4.39 Å². The summed E-state index contributed by atoms with van der Waals surface area (Å²) in [5.41, 5.74) is 2.47. The van der Waals surface area contributed by atoms with Gasteiger partial charge in [0.25, 0.3) is 0 Å². The Labute approximate surface area is 126 Å². The number of pyridine rings is 1. The summed E-state index contributed by atoms with van der Waals surface area (Å²) in [6, 6.07) is 13.9. The zero-order valence-corrected chi connectivity index (χ0v) is 11.9. The molecule has 20 heavy (non-hydrogen) atoms. The molecule has 1 nitrogen and oxygen atoms in total. The highest BCUT2D eigenvalue weighted by molar-refractivity contribution is 6.39. The van der Waals surface area contributed by atoms with E-state index in [9.17, 15) is 4.39 Å². The number of aromatic nitrogens is 1. The first kappa shape index (κ1) is 13.3. The predicted octanol–water partition coefficient (Wildman–Crippen LogP) is 5.27. The van der Waals surface area contributed by atoms with Crippen LogP contribution in [0.1, 0.15) is 11.1 Å². The van der Waals surface area contributed by atoms with E-state index < -0.39 is 0 Å². The summed E-state index contributed by atoms with van der Waals surface area (Å²) >= 11 is 12.6. The second kappa shape index (κ2) is 5.39. The van der Waals surface area contributed by atoms with Gasteiger partial charge >= 0.3 is 0 Å². The van der Waals surface area contributed by atoms with Crippen molar-refractivity contribution in [1.82, 2.24) is 4.98 Å². The first-order valence-electron chi connectivity index (χ1n) is 6.12. The molecular formula is C16H10Cl2FN. The van der Waals surface area contributed by atoms with Gasteiger partial charge in [0.15, 0.2) is 0 Å². The molecule has 1 aromatic heterocycles. The zero-order chi connectivity index (χ0) is 14.1. The normalized spacial score (nSPS) is 10.9. The number of hydrogen-bond acceptors (Lipinski definition) is 1. The summed E-state index contributed by atoms with van der Waals surface area (Å²) in [6.45, 7) is 0. The molecule has 0 aliphatic carbocycles. The molecule has 0 saturated heterocycles. The number of fused-ring (bicyclic) bond motifs is 1. The fourth-order valence-corrected chi connectivity index (χ4v) is 2.76. The lowest BCUT2D eigenvalue weighted by Crippen LogP contribution is -1.95. The van der Waals surface area contributed by atoms with Crippen LogP contribution < -0.4 is 0 Å². The minimum atomic E-state index is -0.261. The minimum Gasteiger partial charge on any atom is -0.236 e. The van der Waals surface area contributed by atoms with Crippen molar-refractivity contribution < 1.29 is 4.39 Å². The number of benzene rings is 2. The molecule has 0 aliphatic rings. The third kappa shape index (κ3) is 2.49. The lowest BCUT2D eigenvalue weighted by Gasteiger charge is -2.09. The van der Waals surface area contributed by atoms with Crippen LogP contribution in [-0.4, -0.2) is 4.98 Å². The van der Waals surface area contributed by atoms with Crippen LogP contribution in [0, 0.1) is 5.82 Å². The molecule has 4 heteroatoms. The second-order valence-corrected chi connectivity index (χ2v) is 5.25. The monoisotopic (exact) mass is 305 g/mol. The quantitative estimate of drug-likeness (QED) is 0.588. The predicted molar refractivity (Wildman–Crippen MR) is 81.0 cm³/mol. The van der Waals surface area contributed by atoms with E-state index in [-0.39, 0.29) is 5.82 Å². The van der Waals surface area contributed by atoms with Gasteiger partial charge in [-0.1, -0.05) is 53.5 Å². The van der Waals surface area contributed by atoms with Crippen molar-refractivity contribution >= 4 is 34.1 Å². The van der Waals surface area contributed by atoms with Gasteiger partial charge < -0.3 is 0 Å². The van der Waals surface area contributed by atoms with Gasteiger partial charge in [-0.15, -0.1) is 0 Å². The molecule has 3 aromatic rings. The Hall–Kier alpha value is -1.64. The summed E-state index contributed by atoms with van der Waals surface area (Å²) in [5.74, 6) is -0.261. The van der Waals surface area contributed by atoms with Gasteiger partial charge in [0, 0.05) is 17.4 Å². The van der Waals surface area contributed by atoms with Crippen molar-refractivity contribution in [3.8, 4) is 0 Å². The average Bonchev–Trinajstić information content (AvgIpc) is 2.45. The Morgan fingerprint density at radius 3 is 2.40 bits per heavy atom. The van der Waals surface area contributed by atoms with E-state index in [2.05, 4.69) is 4.98 Å². The van der Waals surface area contributed by atoms with Crippen LogP contribution in [0.25, 0.3) is 10.9 Å². The Bertz CT molecular complexity index is 769. The molecule has 0 radical (unpaired) electrons. The molecule has 0 atom stereocenters. The molecule has 0 fully saturated rings. The van der Waals surface area contributed by atoms with Crippen LogP contribution in [-0.2, 0) is 6.42 Å². The fraction of sp³-hybridized carbons (Fsp3) is 0.0625. The highest BCUT2D eigenvalue weighted by atomic mass is 35.5. The molecular weight excluding hydrogens is 296 g/mol. The Kier molecular flexibility index (Phi) is 3.60. The molecule has 3 rings (SSSR count). The highest BCUT2D eigenvalue weighted by Crippen LogP contribution is 2.32. The minimum absolute atomic E-state index is 0.261. The maximum Gasteiger partial charge on any atom is 0.134 e. The number of rotatable bonds is 2. The molecule has 1 heterocycles. The molecule has 0 bridgehead atoms. The molecule has 0 unspecified atom stereocenters. The van der Waals surface area contributed by atoms with Crippen LogP contribution in [0.3, 0.4) is 0 Å². The van der Waals surface area contributed by atoms with Crippen molar-refractivity contribution in [2.24, 2.45) is 0 Å². The molecule has 0 amide bonds. The number of halogens is 3. The van der Waals surface area contributed by atoms with Crippen molar-refractivity contribution in [1.29, 1.82) is 0 Å². The molecule has 0 N–H and O–H groups in total. The van der Waals surface area contributed by atoms with E-state index in [4.69, 9.17) is 23.2 Å². The molecule has 2 aromatic carbocycles. The number of nitrogens with zero attached hydrogens (tertiary/aromatic N) is 1. The third-order valence-electron chi connectivity index (χ3n) is 3.17. The second-order valence-electron chi connectivity index (χ2n) is 4.52. The van der Waals surface area contributed by atoms with Crippen LogP contribution in [0.5, 0.6) is 0 Å². The van der Waals surface area contributed by atoms with Crippen molar-refractivity contribution in [2.75, 3.05) is 0 Å². The Balaban J connectivity index is 2.09. The van der Waals surface area contributed by atoms with Gasteiger partial charge in [-0.05, 0) is 23.8 Å². The van der Waals surface area contributed by atoms with E-state index in [0.717, 1.165) is 22.0 Å². The fourth-order valence-electron chi connectivity index (χ4n) is 2.14. The van der Waals surface area contributed by atoms with Gasteiger partial charge in [0.05, 0.1) is 10.5 Å². The number of para-hydroxylation sites is 1. The van der Waals surface area contributed by atoms with Gasteiger partial charge in [-0.2, -0.15) is 0 Å². The van der Waals surface area contributed by atoms with Crippen LogP contribution in [0.15, 0.2) is 48.5 Å². The van der Waals surface area contributed by atoms with Crippen molar-refractivity contribution in [3.63, 3.8) is 0 Å². The zero-order valence-electron chi connectivity index (χ0n) is 10.4. The summed E-state index contributed by atoms with van der Waals surface area (Å²) in [6.07, 6.45) is 0.524. The van der Waals surface area contributed by atoms with Crippen molar-refractivity contribution in [2.45, 2.75) is 6.42 Å². The first-order chi connectivity index (χ1) is 9.65. The Morgan fingerprint density at radius 2 is 1.65 bits per heavy atom. The van der Waals surface area contributed by atoms with Gasteiger partial charge in [0.2, 0.25) is 0 Å². The van der Waals surface area contributed by atoms with E-state index in [1.165, 1.54) is 12.1 Å². The SMILES string of the molecule is Fc1ccc(Cc2c(Cl)nc3ccccc3c2Cl)cc1. The standard InChI is InChI=1S/C16H10Cl2FN/c17-15-12-3-1-2-4-14(12)20-16(18)13(15)9-10-5-7-11(19)8-6-10/h1-8H,9H2. The molecule has 100 valence electrons. The van der Waals surface area contributed by atoms with Gasteiger partial charge in [-0.3, -0.25) is 0 Å². The lowest BCUT2D eigenvalue weighted by molar-refractivity contribution is 0.627. The largest absolute Gasteiger partial charge is 0.236 e. The summed E-state index contributed by atoms with van der Waals surface area (Å²) < 4.78 is 12.9. The van der Waals surface area contributed by atoms with Gasteiger partial charge in [0.1, 0.15) is 11.0 Å². The highest BCUT2D eigenvalue weighted by Gasteiger charge is 2.12. The lowest BCUT2D eigenvalue weighted by atomic mass is 10.0. The average molecular weight is 306 g/mol. The van der Waals surface area contributed by atoms with Crippen LogP contribution in [0.2, 0.25) is 10.2 Å². The smallest absolute Gasteiger partial charge is 0.134 e. The van der Waals surface area contributed by atoms with Crippen LogP contribution >= 0.6 is 23.2 Å². The molecule has 0 spiro atoms. The number of hydrogen-bond donors (Lipinski definition) is 0. The van der Waals surface area contributed by atoms with Crippen molar-refractivity contribution in [3.05, 3.63) is 75.7 Å². The van der Waals surface area contributed by atoms with E-state index in [1.807, 2.05) is 24.3 Å². The van der Waals surface area contributed by atoms with E-state index >= 15 is 0 Å². The topological polar surface area (TPSA) is 12.9 Å². The molecule has 0 saturated carbocycles. The van der Waals surface area contributed by atoms with E-state index in [0.29, 0.717) is 16.6 Å². The first-order valence-corrected chi connectivity index (χ1v) is 6.88. The summed E-state index contributed by atoms with van der Waals surface area (Å²) in [4.78, 5) is 4.36. The summed E-state index contributed by atoms with van der Waals surface area (Å²) in [5, 5.41) is 1.86. The van der Waals surface area contributed by atoms with E-state index in [1.54, 1.807) is 12.1 Å². The Morgan fingerprint density at radius 1 is 0.950 bits per heavy atom. The third-order valence-corrected chi connectivity index (χ3v) is 3.91. The maximum atomic E-state index is 12.9.